The van der Waals surface area contributed by atoms with Crippen LogP contribution in [0.1, 0.15) is 54.6 Å². The van der Waals surface area contributed by atoms with Crippen molar-refractivity contribution < 1.29 is 14.3 Å². The molecule has 6 nitrogen and oxygen atoms in total. The molecule has 0 bridgehead atoms. The standard InChI is InChI=1S/C21H26N2O4/c1-14(22-21(25)16-10-11-23(2)20(24)13-16)15-8-9-18(19(12-15)26-3)27-17-6-4-5-7-17/h8-14,17H,4-7H2,1-3H3,(H,22,25). The molecular formula is C21H26N2O4. The van der Waals surface area contributed by atoms with Gasteiger partial charge in [-0.2, -0.15) is 0 Å². The smallest absolute Gasteiger partial charge is 0.252 e. The number of nitrogens with zero attached hydrogens (tertiary/aromatic N) is 1. The quantitative estimate of drug-likeness (QED) is 0.848. The molecule has 0 aliphatic heterocycles. The van der Waals surface area contributed by atoms with E-state index in [1.165, 1.54) is 23.5 Å². The number of rotatable bonds is 6. The van der Waals surface area contributed by atoms with E-state index in [2.05, 4.69) is 5.32 Å². The Morgan fingerprint density at radius 2 is 1.93 bits per heavy atom. The fraction of sp³-hybridized carbons (Fsp3) is 0.429. The van der Waals surface area contributed by atoms with E-state index in [1.54, 1.807) is 26.4 Å². The molecule has 1 unspecified atom stereocenters. The molecule has 1 heterocycles. The number of hydrogen-bond acceptors (Lipinski definition) is 4. The molecule has 3 rings (SSSR count). The van der Waals surface area contributed by atoms with Gasteiger partial charge in [0.1, 0.15) is 0 Å². The number of pyridine rings is 1. The topological polar surface area (TPSA) is 69.6 Å². The van der Waals surface area contributed by atoms with E-state index >= 15 is 0 Å². The fourth-order valence-electron chi connectivity index (χ4n) is 3.29. The highest BCUT2D eigenvalue weighted by Gasteiger charge is 2.19. The summed E-state index contributed by atoms with van der Waals surface area (Å²) in [7, 11) is 3.26. The lowest BCUT2D eigenvalue weighted by atomic mass is 10.1. The van der Waals surface area contributed by atoms with Gasteiger partial charge in [-0.25, -0.2) is 0 Å². The summed E-state index contributed by atoms with van der Waals surface area (Å²) in [4.78, 5) is 24.1. The van der Waals surface area contributed by atoms with Crippen molar-refractivity contribution >= 4 is 5.91 Å². The summed E-state index contributed by atoms with van der Waals surface area (Å²) in [6.07, 6.45) is 6.40. The van der Waals surface area contributed by atoms with Crippen molar-refractivity contribution in [2.75, 3.05) is 7.11 Å². The zero-order valence-corrected chi connectivity index (χ0v) is 16.0. The van der Waals surface area contributed by atoms with Gasteiger partial charge in [0.15, 0.2) is 11.5 Å². The summed E-state index contributed by atoms with van der Waals surface area (Å²) in [5.74, 6) is 1.11. The van der Waals surface area contributed by atoms with Crippen molar-refractivity contribution in [2.45, 2.75) is 44.8 Å². The van der Waals surface area contributed by atoms with Crippen LogP contribution >= 0.6 is 0 Å². The molecular weight excluding hydrogens is 344 g/mol. The molecule has 1 saturated carbocycles. The number of carbonyl (C=O) groups is 1. The summed E-state index contributed by atoms with van der Waals surface area (Å²) in [5, 5.41) is 2.92. The first-order valence-electron chi connectivity index (χ1n) is 9.30. The van der Waals surface area contributed by atoms with Crippen LogP contribution in [-0.2, 0) is 7.05 Å². The molecule has 6 heteroatoms. The van der Waals surface area contributed by atoms with Gasteiger partial charge >= 0.3 is 0 Å². The van der Waals surface area contributed by atoms with Gasteiger partial charge in [0.05, 0.1) is 19.3 Å². The van der Waals surface area contributed by atoms with Crippen LogP contribution in [0, 0.1) is 0 Å². The van der Waals surface area contributed by atoms with Gasteiger partial charge in [-0.1, -0.05) is 6.07 Å². The number of amides is 1. The van der Waals surface area contributed by atoms with Crippen molar-refractivity contribution in [2.24, 2.45) is 7.05 Å². The first-order chi connectivity index (χ1) is 13.0. The van der Waals surface area contributed by atoms with Gasteiger partial charge in [-0.15, -0.1) is 0 Å². The SMILES string of the molecule is COc1cc(C(C)NC(=O)c2ccn(C)c(=O)c2)ccc1OC1CCCC1. The minimum absolute atomic E-state index is 0.217. The third-order valence-electron chi connectivity index (χ3n) is 5.00. The number of carbonyl (C=O) groups excluding carboxylic acids is 1. The monoisotopic (exact) mass is 370 g/mol. The lowest BCUT2D eigenvalue weighted by Gasteiger charge is -2.19. The zero-order chi connectivity index (χ0) is 19.4. The van der Waals surface area contributed by atoms with E-state index in [0.29, 0.717) is 11.3 Å². The number of aromatic nitrogens is 1. The maximum Gasteiger partial charge on any atom is 0.252 e. The molecule has 0 radical (unpaired) electrons. The van der Waals surface area contributed by atoms with Crippen molar-refractivity contribution in [3.63, 3.8) is 0 Å². The van der Waals surface area contributed by atoms with Crippen molar-refractivity contribution in [3.8, 4) is 11.5 Å². The van der Waals surface area contributed by atoms with Crippen molar-refractivity contribution in [1.82, 2.24) is 9.88 Å². The van der Waals surface area contributed by atoms with Crippen LogP contribution in [0.3, 0.4) is 0 Å². The highest BCUT2D eigenvalue weighted by atomic mass is 16.5. The third kappa shape index (κ3) is 4.51. The van der Waals surface area contributed by atoms with Gasteiger partial charge in [0, 0.05) is 24.9 Å². The van der Waals surface area contributed by atoms with Crippen LogP contribution in [0.25, 0.3) is 0 Å². The van der Waals surface area contributed by atoms with E-state index < -0.39 is 0 Å². The number of benzene rings is 1. The minimum Gasteiger partial charge on any atom is -0.493 e. The number of nitrogens with one attached hydrogen (secondary N) is 1. The van der Waals surface area contributed by atoms with Gasteiger partial charge in [-0.05, 0) is 56.4 Å². The number of ether oxygens (including phenoxy) is 2. The Hall–Kier alpha value is -2.76. The van der Waals surface area contributed by atoms with Crippen LogP contribution < -0.4 is 20.3 Å². The molecule has 1 aliphatic rings. The van der Waals surface area contributed by atoms with Crippen LogP contribution in [0.2, 0.25) is 0 Å². The Labute approximate surface area is 159 Å². The lowest BCUT2D eigenvalue weighted by Crippen LogP contribution is -2.28. The number of aryl methyl sites for hydroxylation is 1. The molecule has 1 atom stereocenters. The average Bonchev–Trinajstić information content (AvgIpc) is 3.17. The Bertz CT molecular complexity index is 869. The predicted octanol–water partition coefficient (Wildman–Crippen LogP) is 3.21. The maximum absolute atomic E-state index is 12.4. The van der Waals surface area contributed by atoms with Crippen molar-refractivity contribution in [1.29, 1.82) is 0 Å². The van der Waals surface area contributed by atoms with E-state index in [9.17, 15) is 9.59 Å². The molecule has 1 aliphatic carbocycles. The van der Waals surface area contributed by atoms with E-state index in [1.807, 2.05) is 25.1 Å². The third-order valence-corrected chi connectivity index (χ3v) is 5.00. The molecule has 1 aromatic heterocycles. The molecule has 2 aromatic rings. The number of hydrogen-bond donors (Lipinski definition) is 1. The second-order valence-corrected chi connectivity index (χ2v) is 6.99. The maximum atomic E-state index is 12.4. The first-order valence-corrected chi connectivity index (χ1v) is 9.30. The van der Waals surface area contributed by atoms with Crippen molar-refractivity contribution in [3.05, 3.63) is 58.0 Å². The Kier molecular flexibility index (Phi) is 5.84. The fourth-order valence-corrected chi connectivity index (χ4v) is 3.29. The summed E-state index contributed by atoms with van der Waals surface area (Å²) in [6, 6.07) is 8.44. The second-order valence-electron chi connectivity index (χ2n) is 6.99. The van der Waals surface area contributed by atoms with Crippen LogP contribution in [0.4, 0.5) is 0 Å². The van der Waals surface area contributed by atoms with E-state index in [0.717, 1.165) is 24.2 Å². The molecule has 1 N–H and O–H groups in total. The van der Waals surface area contributed by atoms with Crippen LogP contribution in [0.15, 0.2) is 41.3 Å². The Morgan fingerprint density at radius 3 is 2.59 bits per heavy atom. The molecule has 1 fully saturated rings. The molecule has 27 heavy (non-hydrogen) atoms. The Morgan fingerprint density at radius 1 is 1.19 bits per heavy atom. The zero-order valence-electron chi connectivity index (χ0n) is 16.0. The summed E-state index contributed by atoms with van der Waals surface area (Å²) >= 11 is 0. The normalized spacial score (nSPS) is 15.4. The van der Waals surface area contributed by atoms with Crippen LogP contribution in [-0.4, -0.2) is 23.7 Å². The molecule has 0 spiro atoms. The van der Waals surface area contributed by atoms with E-state index in [-0.39, 0.29) is 23.6 Å². The van der Waals surface area contributed by atoms with Gasteiger partial charge < -0.3 is 19.4 Å². The van der Waals surface area contributed by atoms with Gasteiger partial charge in [-0.3, -0.25) is 9.59 Å². The van der Waals surface area contributed by atoms with Gasteiger partial charge in [0.25, 0.3) is 11.5 Å². The molecule has 0 saturated heterocycles. The highest BCUT2D eigenvalue weighted by Crippen LogP contribution is 2.33. The molecule has 1 amide bonds. The Balaban J connectivity index is 1.71. The first kappa shape index (κ1) is 19.0. The summed E-state index contributed by atoms with van der Waals surface area (Å²) < 4.78 is 13.0. The highest BCUT2D eigenvalue weighted by molar-refractivity contribution is 5.94. The molecule has 1 aromatic carbocycles. The van der Waals surface area contributed by atoms with Gasteiger partial charge in [0.2, 0.25) is 0 Å². The van der Waals surface area contributed by atoms with E-state index in [4.69, 9.17) is 9.47 Å². The molecule has 144 valence electrons. The summed E-state index contributed by atoms with van der Waals surface area (Å²) in [6.45, 7) is 1.89. The van der Waals surface area contributed by atoms with Crippen LogP contribution in [0.5, 0.6) is 11.5 Å². The second kappa shape index (κ2) is 8.29. The summed E-state index contributed by atoms with van der Waals surface area (Å²) in [5.41, 5.74) is 1.03. The average molecular weight is 370 g/mol. The number of methoxy groups -OCH3 is 1. The predicted molar refractivity (Wildman–Crippen MR) is 103 cm³/mol. The largest absolute Gasteiger partial charge is 0.493 e. The lowest BCUT2D eigenvalue weighted by molar-refractivity contribution is 0.0939. The minimum atomic E-state index is -0.287.